The lowest BCUT2D eigenvalue weighted by molar-refractivity contribution is -0.179. The molecule has 0 radical (unpaired) electrons. The highest BCUT2D eigenvalue weighted by atomic mass is 16.5. The maximum absolute atomic E-state index is 11.3. The Kier molecular flexibility index (Phi) is 3.31. The molecule has 76 valence electrons. The van der Waals surface area contributed by atoms with Crippen molar-refractivity contribution < 1.29 is 14.6 Å². The molecule has 0 amide bonds. The predicted octanol–water partition coefficient (Wildman–Crippen LogP) is 1.34. The normalized spacial score (nSPS) is 40.2. The Morgan fingerprint density at radius 1 is 1.38 bits per heavy atom. The van der Waals surface area contributed by atoms with Gasteiger partial charge in [0.2, 0.25) is 0 Å². The average Bonchev–Trinajstić information content (AvgIpc) is 2.13. The van der Waals surface area contributed by atoms with Crippen molar-refractivity contribution in [2.45, 2.75) is 45.8 Å². The number of aliphatic hydroxyl groups is 1. The van der Waals surface area contributed by atoms with E-state index in [-0.39, 0.29) is 23.9 Å². The highest BCUT2D eigenvalue weighted by molar-refractivity contribution is 5.73. The second-order valence-corrected chi connectivity index (χ2v) is 3.73. The molecule has 1 rings (SSSR count). The molecule has 0 aromatic carbocycles. The van der Waals surface area contributed by atoms with E-state index in [1.165, 1.54) is 0 Å². The Morgan fingerprint density at radius 3 is 2.46 bits per heavy atom. The van der Waals surface area contributed by atoms with Crippen LogP contribution >= 0.6 is 0 Å². The van der Waals surface area contributed by atoms with Crippen LogP contribution in [0.4, 0.5) is 0 Å². The van der Waals surface area contributed by atoms with E-state index in [4.69, 9.17) is 4.74 Å². The zero-order valence-electron chi connectivity index (χ0n) is 8.49. The molecule has 0 spiro atoms. The van der Waals surface area contributed by atoms with Crippen LogP contribution in [-0.4, -0.2) is 23.3 Å². The van der Waals surface area contributed by atoms with Gasteiger partial charge in [-0.05, 0) is 19.8 Å². The molecule has 1 N–H and O–H groups in total. The van der Waals surface area contributed by atoms with Gasteiger partial charge >= 0.3 is 5.97 Å². The summed E-state index contributed by atoms with van der Waals surface area (Å²) in [5.74, 6) is -0.519. The summed E-state index contributed by atoms with van der Waals surface area (Å²) >= 11 is 0. The van der Waals surface area contributed by atoms with E-state index < -0.39 is 6.10 Å². The van der Waals surface area contributed by atoms with Gasteiger partial charge in [-0.2, -0.15) is 0 Å². The maximum Gasteiger partial charge on any atom is 0.311 e. The smallest absolute Gasteiger partial charge is 0.311 e. The maximum atomic E-state index is 11.3. The van der Waals surface area contributed by atoms with Gasteiger partial charge in [-0.25, -0.2) is 0 Å². The van der Waals surface area contributed by atoms with Crippen molar-refractivity contribution in [3.05, 3.63) is 0 Å². The number of carbonyl (C=O) groups is 1. The van der Waals surface area contributed by atoms with E-state index >= 15 is 0 Å². The van der Waals surface area contributed by atoms with Crippen LogP contribution in [0.15, 0.2) is 0 Å². The zero-order valence-corrected chi connectivity index (χ0v) is 8.49. The lowest BCUT2D eigenvalue weighted by Crippen LogP contribution is -2.47. The highest BCUT2D eigenvalue weighted by Gasteiger charge is 2.40. The summed E-state index contributed by atoms with van der Waals surface area (Å²) in [4.78, 5) is 11.3. The van der Waals surface area contributed by atoms with Crippen LogP contribution < -0.4 is 0 Å². The van der Waals surface area contributed by atoms with E-state index in [1.807, 2.05) is 13.8 Å². The summed E-state index contributed by atoms with van der Waals surface area (Å²) in [5.41, 5.74) is 0. The lowest BCUT2D eigenvalue weighted by atomic mass is 9.82. The minimum absolute atomic E-state index is 0.0938. The Morgan fingerprint density at radius 2 is 2.00 bits per heavy atom. The van der Waals surface area contributed by atoms with Gasteiger partial charge in [0.05, 0.1) is 12.0 Å². The standard InChI is InChI=1S/C10H18O3/c1-4-7-8(5-2)13-10(12)6(3)9(7)11/h6-9,11H,4-5H2,1-3H3/t6-,7?,8-,9-/m1/s1. The fourth-order valence-electron chi connectivity index (χ4n) is 1.96. The Hall–Kier alpha value is -0.570. The summed E-state index contributed by atoms with van der Waals surface area (Å²) in [6.07, 6.45) is 1.02. The van der Waals surface area contributed by atoms with Crippen LogP contribution in [0.25, 0.3) is 0 Å². The van der Waals surface area contributed by atoms with Crippen LogP contribution in [0, 0.1) is 11.8 Å². The molecule has 0 bridgehead atoms. The van der Waals surface area contributed by atoms with Gasteiger partial charge < -0.3 is 9.84 Å². The first-order chi connectivity index (χ1) is 6.11. The minimum atomic E-state index is -0.531. The summed E-state index contributed by atoms with van der Waals surface area (Å²) < 4.78 is 5.22. The number of cyclic esters (lactones) is 1. The van der Waals surface area contributed by atoms with E-state index in [2.05, 4.69) is 0 Å². The first-order valence-corrected chi connectivity index (χ1v) is 5.00. The molecule has 3 heteroatoms. The van der Waals surface area contributed by atoms with E-state index in [1.54, 1.807) is 6.92 Å². The molecule has 1 unspecified atom stereocenters. The Balaban J connectivity index is 2.74. The Labute approximate surface area is 79.1 Å². The van der Waals surface area contributed by atoms with Gasteiger partial charge in [-0.3, -0.25) is 4.79 Å². The number of carbonyl (C=O) groups excluding carboxylic acids is 1. The highest BCUT2D eigenvalue weighted by Crippen LogP contribution is 2.30. The first-order valence-electron chi connectivity index (χ1n) is 5.00. The molecular weight excluding hydrogens is 168 g/mol. The minimum Gasteiger partial charge on any atom is -0.462 e. The molecule has 1 aliphatic rings. The summed E-state index contributed by atoms with van der Waals surface area (Å²) in [7, 11) is 0. The molecule has 4 atom stereocenters. The van der Waals surface area contributed by atoms with Crippen molar-refractivity contribution in [2.24, 2.45) is 11.8 Å². The summed E-state index contributed by atoms with van der Waals surface area (Å²) in [6.45, 7) is 5.72. The van der Waals surface area contributed by atoms with Crippen LogP contribution in [0.2, 0.25) is 0 Å². The monoisotopic (exact) mass is 186 g/mol. The van der Waals surface area contributed by atoms with Gasteiger partial charge in [0.15, 0.2) is 0 Å². The molecule has 1 heterocycles. The molecule has 0 saturated carbocycles. The van der Waals surface area contributed by atoms with Crippen LogP contribution in [0.5, 0.6) is 0 Å². The number of ether oxygens (including phenoxy) is 1. The van der Waals surface area contributed by atoms with E-state index in [9.17, 15) is 9.90 Å². The molecule has 0 aromatic rings. The molecular formula is C10H18O3. The third kappa shape index (κ3) is 1.85. The van der Waals surface area contributed by atoms with Gasteiger partial charge in [0.25, 0.3) is 0 Å². The fourth-order valence-corrected chi connectivity index (χ4v) is 1.96. The number of hydrogen-bond acceptors (Lipinski definition) is 3. The third-order valence-electron chi connectivity index (χ3n) is 2.94. The second-order valence-electron chi connectivity index (χ2n) is 3.73. The zero-order chi connectivity index (χ0) is 10.0. The van der Waals surface area contributed by atoms with Gasteiger partial charge in [0, 0.05) is 5.92 Å². The number of esters is 1. The molecule has 1 aliphatic heterocycles. The first kappa shape index (κ1) is 10.5. The quantitative estimate of drug-likeness (QED) is 0.662. The number of hydrogen-bond donors (Lipinski definition) is 1. The topological polar surface area (TPSA) is 46.5 Å². The van der Waals surface area contributed by atoms with Crippen LogP contribution in [-0.2, 0) is 9.53 Å². The molecule has 3 nitrogen and oxygen atoms in total. The number of rotatable bonds is 2. The SMILES string of the molecule is CCC1[C@@H](CC)OC(=O)[C@H](C)[C@H]1O. The predicted molar refractivity (Wildman–Crippen MR) is 49.1 cm³/mol. The molecule has 0 aromatic heterocycles. The van der Waals surface area contributed by atoms with Crippen molar-refractivity contribution in [2.75, 3.05) is 0 Å². The lowest BCUT2D eigenvalue weighted by Gasteiger charge is -2.37. The largest absolute Gasteiger partial charge is 0.462 e. The third-order valence-corrected chi connectivity index (χ3v) is 2.94. The summed E-state index contributed by atoms with van der Waals surface area (Å²) in [5, 5.41) is 9.81. The van der Waals surface area contributed by atoms with E-state index in [0.717, 1.165) is 12.8 Å². The van der Waals surface area contributed by atoms with Gasteiger partial charge in [0.1, 0.15) is 6.10 Å². The molecule has 0 aliphatic carbocycles. The second kappa shape index (κ2) is 4.09. The molecule has 13 heavy (non-hydrogen) atoms. The van der Waals surface area contributed by atoms with Crippen LogP contribution in [0.3, 0.4) is 0 Å². The van der Waals surface area contributed by atoms with Gasteiger partial charge in [-0.15, -0.1) is 0 Å². The van der Waals surface area contributed by atoms with Crippen molar-refractivity contribution in [1.82, 2.24) is 0 Å². The van der Waals surface area contributed by atoms with Gasteiger partial charge in [-0.1, -0.05) is 13.8 Å². The fraction of sp³-hybridized carbons (Fsp3) is 0.900. The Bertz CT molecular complexity index is 189. The number of aliphatic hydroxyl groups excluding tert-OH is 1. The summed E-state index contributed by atoms with van der Waals surface area (Å²) in [6, 6.07) is 0. The van der Waals surface area contributed by atoms with Crippen molar-refractivity contribution >= 4 is 5.97 Å². The van der Waals surface area contributed by atoms with Crippen LogP contribution in [0.1, 0.15) is 33.6 Å². The molecule has 1 fully saturated rings. The van der Waals surface area contributed by atoms with Crippen molar-refractivity contribution in [1.29, 1.82) is 0 Å². The van der Waals surface area contributed by atoms with Crippen molar-refractivity contribution in [3.8, 4) is 0 Å². The average molecular weight is 186 g/mol. The van der Waals surface area contributed by atoms with E-state index in [0.29, 0.717) is 0 Å². The van der Waals surface area contributed by atoms with Crippen molar-refractivity contribution in [3.63, 3.8) is 0 Å². The molecule has 1 saturated heterocycles.